The molecular formula is C11H15NO. The molecule has 0 aromatic heterocycles. The van der Waals surface area contributed by atoms with Crippen molar-refractivity contribution in [1.29, 1.82) is 0 Å². The second-order valence-electron chi connectivity index (χ2n) is 3.48. The van der Waals surface area contributed by atoms with Gasteiger partial charge >= 0.3 is 0 Å². The summed E-state index contributed by atoms with van der Waals surface area (Å²) in [5.41, 5.74) is 8.56. The summed E-state index contributed by atoms with van der Waals surface area (Å²) in [4.78, 5) is 0. The Balaban J connectivity index is 2.33. The van der Waals surface area contributed by atoms with E-state index in [1.165, 1.54) is 11.1 Å². The van der Waals surface area contributed by atoms with Gasteiger partial charge in [-0.2, -0.15) is 0 Å². The molecule has 0 amide bonds. The van der Waals surface area contributed by atoms with Crippen LogP contribution in [-0.2, 0) is 11.3 Å². The van der Waals surface area contributed by atoms with Gasteiger partial charge in [0.1, 0.15) is 0 Å². The van der Waals surface area contributed by atoms with Crippen LogP contribution in [0.25, 0.3) is 0 Å². The Kier molecular flexibility index (Phi) is 2.34. The van der Waals surface area contributed by atoms with Crippen LogP contribution in [0, 0.1) is 0 Å². The Morgan fingerprint density at radius 2 is 2.23 bits per heavy atom. The van der Waals surface area contributed by atoms with Crippen molar-refractivity contribution in [2.24, 2.45) is 5.73 Å². The summed E-state index contributed by atoms with van der Waals surface area (Å²) in [7, 11) is 0. The zero-order valence-corrected chi connectivity index (χ0v) is 7.86. The summed E-state index contributed by atoms with van der Waals surface area (Å²) in [6.45, 7) is 2.82. The number of fused-ring (bicyclic) bond motifs is 1. The maximum atomic E-state index is 6.08. The first kappa shape index (κ1) is 8.73. The minimum absolute atomic E-state index is 0.0509. The van der Waals surface area contributed by atoms with E-state index in [1.54, 1.807) is 0 Å². The van der Waals surface area contributed by atoms with Gasteiger partial charge in [0.15, 0.2) is 0 Å². The van der Waals surface area contributed by atoms with Gasteiger partial charge in [-0.1, -0.05) is 31.2 Å². The first-order valence-corrected chi connectivity index (χ1v) is 4.78. The first-order valence-electron chi connectivity index (χ1n) is 4.78. The van der Waals surface area contributed by atoms with Crippen molar-refractivity contribution in [2.45, 2.75) is 32.1 Å². The van der Waals surface area contributed by atoms with Gasteiger partial charge in [0.2, 0.25) is 0 Å². The molecule has 0 spiro atoms. The number of rotatable bonds is 1. The first-order chi connectivity index (χ1) is 6.33. The summed E-state index contributed by atoms with van der Waals surface area (Å²) >= 11 is 0. The van der Waals surface area contributed by atoms with Crippen LogP contribution in [0.15, 0.2) is 24.3 Å². The van der Waals surface area contributed by atoms with Crippen molar-refractivity contribution in [3.05, 3.63) is 35.4 Å². The fourth-order valence-corrected chi connectivity index (χ4v) is 1.86. The molecule has 0 fully saturated rings. The van der Waals surface area contributed by atoms with Crippen LogP contribution in [0.3, 0.4) is 0 Å². The molecule has 13 heavy (non-hydrogen) atoms. The number of nitrogens with two attached hydrogens (primary N) is 1. The van der Waals surface area contributed by atoms with Crippen LogP contribution in [0.1, 0.15) is 30.5 Å². The highest BCUT2D eigenvalue weighted by atomic mass is 16.5. The topological polar surface area (TPSA) is 35.2 Å². The summed E-state index contributed by atoms with van der Waals surface area (Å²) in [5.74, 6) is 0. The van der Waals surface area contributed by atoms with E-state index >= 15 is 0 Å². The monoisotopic (exact) mass is 177 g/mol. The molecule has 0 saturated carbocycles. The van der Waals surface area contributed by atoms with Gasteiger partial charge in [-0.3, -0.25) is 0 Å². The molecular weight excluding hydrogens is 162 g/mol. The number of ether oxygens (including phenoxy) is 1. The molecule has 1 aliphatic heterocycles. The second kappa shape index (κ2) is 3.48. The standard InChI is InChI=1S/C11H15NO/c1-2-10-11(12)9-6-4-3-5-8(9)7-13-10/h3-6,10-11H,2,7,12H2,1H3/t10-,11?/m1/s1. The molecule has 2 N–H and O–H groups in total. The van der Waals surface area contributed by atoms with E-state index in [0.29, 0.717) is 6.61 Å². The molecule has 0 aliphatic carbocycles. The Hall–Kier alpha value is -0.860. The minimum Gasteiger partial charge on any atom is -0.372 e. The lowest BCUT2D eigenvalue weighted by Crippen LogP contribution is -2.33. The SMILES string of the molecule is CC[C@H]1OCc2ccccc2C1N. The largest absolute Gasteiger partial charge is 0.372 e. The second-order valence-corrected chi connectivity index (χ2v) is 3.48. The van der Waals surface area contributed by atoms with Gasteiger partial charge in [0.05, 0.1) is 18.8 Å². The summed E-state index contributed by atoms with van der Waals surface area (Å²) in [6, 6.07) is 8.31. The zero-order chi connectivity index (χ0) is 9.26. The molecule has 2 rings (SSSR count). The molecule has 2 heteroatoms. The minimum atomic E-state index is 0.0509. The highest BCUT2D eigenvalue weighted by Crippen LogP contribution is 2.28. The summed E-state index contributed by atoms with van der Waals surface area (Å²) < 4.78 is 5.64. The average Bonchev–Trinajstić information content (AvgIpc) is 2.19. The Bertz CT molecular complexity index is 298. The van der Waals surface area contributed by atoms with Crippen molar-refractivity contribution < 1.29 is 4.74 Å². The molecule has 70 valence electrons. The number of hydrogen-bond acceptors (Lipinski definition) is 2. The maximum Gasteiger partial charge on any atom is 0.0769 e. The third-order valence-electron chi connectivity index (χ3n) is 2.67. The van der Waals surface area contributed by atoms with E-state index in [0.717, 1.165) is 6.42 Å². The molecule has 1 aromatic carbocycles. The molecule has 0 bridgehead atoms. The smallest absolute Gasteiger partial charge is 0.0769 e. The van der Waals surface area contributed by atoms with Crippen LogP contribution in [0.5, 0.6) is 0 Å². The van der Waals surface area contributed by atoms with Gasteiger partial charge < -0.3 is 10.5 Å². The van der Waals surface area contributed by atoms with Crippen molar-refractivity contribution in [2.75, 3.05) is 0 Å². The Labute approximate surface area is 78.7 Å². The normalized spacial score (nSPS) is 26.9. The third kappa shape index (κ3) is 1.47. The average molecular weight is 177 g/mol. The van der Waals surface area contributed by atoms with Crippen LogP contribution >= 0.6 is 0 Å². The van der Waals surface area contributed by atoms with E-state index in [1.807, 2.05) is 12.1 Å². The fourth-order valence-electron chi connectivity index (χ4n) is 1.86. The van der Waals surface area contributed by atoms with Crippen LogP contribution in [-0.4, -0.2) is 6.10 Å². The van der Waals surface area contributed by atoms with Gasteiger partial charge in [-0.05, 0) is 17.5 Å². The van der Waals surface area contributed by atoms with Crippen molar-refractivity contribution in [3.63, 3.8) is 0 Å². The molecule has 1 heterocycles. The summed E-state index contributed by atoms with van der Waals surface area (Å²) in [5, 5.41) is 0. The molecule has 1 unspecified atom stereocenters. The number of hydrogen-bond donors (Lipinski definition) is 1. The van der Waals surface area contributed by atoms with E-state index in [9.17, 15) is 0 Å². The summed E-state index contributed by atoms with van der Waals surface area (Å²) in [6.07, 6.45) is 1.17. The van der Waals surface area contributed by atoms with Gasteiger partial charge in [0, 0.05) is 0 Å². The number of benzene rings is 1. The van der Waals surface area contributed by atoms with Crippen LogP contribution in [0.2, 0.25) is 0 Å². The zero-order valence-electron chi connectivity index (χ0n) is 7.86. The van der Waals surface area contributed by atoms with E-state index in [4.69, 9.17) is 10.5 Å². The molecule has 2 nitrogen and oxygen atoms in total. The van der Waals surface area contributed by atoms with Crippen molar-refractivity contribution >= 4 is 0 Å². The lowest BCUT2D eigenvalue weighted by molar-refractivity contribution is 0.00680. The van der Waals surface area contributed by atoms with Gasteiger partial charge in [-0.25, -0.2) is 0 Å². The van der Waals surface area contributed by atoms with Gasteiger partial charge in [-0.15, -0.1) is 0 Å². The van der Waals surface area contributed by atoms with Crippen LogP contribution in [0.4, 0.5) is 0 Å². The fraction of sp³-hybridized carbons (Fsp3) is 0.455. The molecule has 1 aliphatic rings. The maximum absolute atomic E-state index is 6.08. The predicted molar refractivity (Wildman–Crippen MR) is 52.2 cm³/mol. The van der Waals surface area contributed by atoms with E-state index in [2.05, 4.69) is 19.1 Å². The van der Waals surface area contributed by atoms with Gasteiger partial charge in [0.25, 0.3) is 0 Å². The predicted octanol–water partition coefficient (Wildman–Crippen LogP) is 2.00. The van der Waals surface area contributed by atoms with E-state index < -0.39 is 0 Å². The highest BCUT2D eigenvalue weighted by molar-refractivity contribution is 5.31. The van der Waals surface area contributed by atoms with Crippen molar-refractivity contribution in [3.8, 4) is 0 Å². The Morgan fingerprint density at radius 1 is 1.46 bits per heavy atom. The Morgan fingerprint density at radius 3 is 3.00 bits per heavy atom. The van der Waals surface area contributed by atoms with Crippen molar-refractivity contribution in [1.82, 2.24) is 0 Å². The third-order valence-corrected chi connectivity index (χ3v) is 2.67. The molecule has 0 saturated heterocycles. The lowest BCUT2D eigenvalue weighted by Gasteiger charge is -2.30. The molecule has 2 atom stereocenters. The quantitative estimate of drug-likeness (QED) is 0.712. The molecule has 1 aromatic rings. The lowest BCUT2D eigenvalue weighted by atomic mass is 9.93. The van der Waals surface area contributed by atoms with E-state index in [-0.39, 0.29) is 12.1 Å². The highest BCUT2D eigenvalue weighted by Gasteiger charge is 2.25. The van der Waals surface area contributed by atoms with Crippen LogP contribution < -0.4 is 5.73 Å². The molecule has 0 radical (unpaired) electrons.